The summed E-state index contributed by atoms with van der Waals surface area (Å²) < 4.78 is 0. The third-order valence-electron chi connectivity index (χ3n) is 3.83. The minimum atomic E-state index is -0.333. The normalized spacial score (nSPS) is 10.6. The molecule has 0 aliphatic carbocycles. The summed E-state index contributed by atoms with van der Waals surface area (Å²) in [6.07, 6.45) is 0.0270. The van der Waals surface area contributed by atoms with Gasteiger partial charge in [-0.3, -0.25) is 15.1 Å². The van der Waals surface area contributed by atoms with E-state index in [1.54, 1.807) is 6.92 Å². The van der Waals surface area contributed by atoms with E-state index >= 15 is 0 Å². The van der Waals surface area contributed by atoms with Crippen molar-refractivity contribution in [2.45, 2.75) is 27.2 Å². The number of nitrogens with one attached hydrogen (secondary N) is 2. The van der Waals surface area contributed by atoms with E-state index in [2.05, 4.69) is 25.3 Å². The lowest BCUT2D eigenvalue weighted by Gasteiger charge is -2.10. The van der Waals surface area contributed by atoms with Gasteiger partial charge in [-0.1, -0.05) is 18.2 Å². The van der Waals surface area contributed by atoms with Crippen LogP contribution in [0.1, 0.15) is 22.5 Å². The van der Waals surface area contributed by atoms with Crippen molar-refractivity contribution in [3.8, 4) is 6.07 Å². The topological polar surface area (TPSA) is 107 Å². The number of hydrogen-bond acceptors (Lipinski definition) is 6. The third kappa shape index (κ3) is 2.82. The van der Waals surface area contributed by atoms with Crippen molar-refractivity contribution in [3.63, 3.8) is 0 Å². The minimum absolute atomic E-state index is 0.0270. The molecule has 3 aromatic rings. The maximum atomic E-state index is 12.0. The highest BCUT2D eigenvalue weighted by atomic mass is 16.1. The molecule has 1 aromatic carbocycles. The number of fused-ring (bicyclic) bond motifs is 1. The lowest BCUT2D eigenvalue weighted by Crippen LogP contribution is -2.18. The molecule has 0 aliphatic rings. The number of para-hydroxylation sites is 1. The van der Waals surface area contributed by atoms with Gasteiger partial charge < -0.3 is 0 Å². The maximum absolute atomic E-state index is 12.0. The zero-order valence-electron chi connectivity index (χ0n) is 13.6. The number of nitrogens with zero attached hydrogens (tertiary/aromatic N) is 4. The Morgan fingerprint density at radius 3 is 2.67 bits per heavy atom. The van der Waals surface area contributed by atoms with Crippen LogP contribution in [0.15, 0.2) is 23.0 Å². The summed E-state index contributed by atoms with van der Waals surface area (Å²) in [6, 6.07) is 7.89. The van der Waals surface area contributed by atoms with Crippen molar-refractivity contribution in [2.75, 3.05) is 5.32 Å². The average Bonchev–Trinajstić information content (AvgIpc) is 2.52. The predicted molar refractivity (Wildman–Crippen MR) is 91.2 cm³/mol. The van der Waals surface area contributed by atoms with Gasteiger partial charge >= 0.3 is 0 Å². The molecule has 2 aromatic heterocycles. The fourth-order valence-corrected chi connectivity index (χ4v) is 2.57. The molecule has 0 atom stereocenters. The molecular weight excluding hydrogens is 304 g/mol. The average molecular weight is 320 g/mol. The Labute approximate surface area is 138 Å². The Morgan fingerprint density at radius 1 is 1.17 bits per heavy atom. The molecule has 0 saturated heterocycles. The van der Waals surface area contributed by atoms with E-state index in [9.17, 15) is 4.79 Å². The molecule has 0 amide bonds. The highest BCUT2D eigenvalue weighted by Crippen LogP contribution is 2.21. The molecule has 0 radical (unpaired) electrons. The fraction of sp³-hybridized carbons (Fsp3) is 0.235. The van der Waals surface area contributed by atoms with Crippen LogP contribution < -0.4 is 10.9 Å². The SMILES string of the molecule is Cc1nc(Nc2nc(C)c3cccc(C)c3n2)[nH]c(=O)c1CC#N. The van der Waals surface area contributed by atoms with Gasteiger partial charge in [0.1, 0.15) is 0 Å². The van der Waals surface area contributed by atoms with Gasteiger partial charge in [-0.25, -0.2) is 15.0 Å². The van der Waals surface area contributed by atoms with Crippen LogP contribution in [0.3, 0.4) is 0 Å². The van der Waals surface area contributed by atoms with E-state index in [-0.39, 0.29) is 17.9 Å². The van der Waals surface area contributed by atoms with Crippen LogP contribution in [0.4, 0.5) is 11.9 Å². The van der Waals surface area contributed by atoms with Crippen LogP contribution in [-0.4, -0.2) is 19.9 Å². The molecule has 24 heavy (non-hydrogen) atoms. The van der Waals surface area contributed by atoms with Gasteiger partial charge in [0.25, 0.3) is 5.56 Å². The number of benzene rings is 1. The van der Waals surface area contributed by atoms with E-state index in [1.807, 2.05) is 38.1 Å². The first-order valence-corrected chi connectivity index (χ1v) is 7.47. The Kier molecular flexibility index (Phi) is 3.96. The molecule has 0 fully saturated rings. The van der Waals surface area contributed by atoms with Crippen molar-refractivity contribution in [1.29, 1.82) is 5.26 Å². The number of hydrogen-bond donors (Lipinski definition) is 2. The molecule has 0 saturated carbocycles. The number of aryl methyl sites for hydroxylation is 3. The first-order chi connectivity index (χ1) is 11.5. The van der Waals surface area contributed by atoms with Gasteiger partial charge in [-0.05, 0) is 26.3 Å². The van der Waals surface area contributed by atoms with Crippen LogP contribution in [0.5, 0.6) is 0 Å². The van der Waals surface area contributed by atoms with Crippen molar-refractivity contribution in [1.82, 2.24) is 19.9 Å². The molecule has 2 N–H and O–H groups in total. The fourth-order valence-electron chi connectivity index (χ4n) is 2.57. The quantitative estimate of drug-likeness (QED) is 0.767. The molecular formula is C17H16N6O. The molecule has 2 heterocycles. The molecule has 0 spiro atoms. The molecule has 120 valence electrons. The van der Waals surface area contributed by atoms with E-state index in [1.165, 1.54) is 0 Å². The number of anilines is 2. The summed E-state index contributed by atoms with van der Waals surface area (Å²) in [7, 11) is 0. The van der Waals surface area contributed by atoms with Crippen molar-refractivity contribution in [2.24, 2.45) is 0 Å². The van der Waals surface area contributed by atoms with Crippen molar-refractivity contribution >= 4 is 22.8 Å². The first kappa shape index (κ1) is 15.6. The van der Waals surface area contributed by atoms with Gasteiger partial charge in [0, 0.05) is 5.39 Å². The highest BCUT2D eigenvalue weighted by Gasteiger charge is 2.11. The minimum Gasteiger partial charge on any atom is -0.294 e. The standard InChI is InChI=1S/C17H16N6O/c1-9-5-4-6-12-10(2)19-16(21-14(9)12)23-17-20-11(3)13(7-8-18)15(24)22-17/h4-6H,7H2,1-3H3,(H2,19,20,21,22,23,24). The third-order valence-corrected chi connectivity index (χ3v) is 3.83. The summed E-state index contributed by atoms with van der Waals surface area (Å²) in [5.74, 6) is 0.622. The first-order valence-electron chi connectivity index (χ1n) is 7.47. The van der Waals surface area contributed by atoms with E-state index in [4.69, 9.17) is 5.26 Å². The smallest absolute Gasteiger partial charge is 0.256 e. The summed E-state index contributed by atoms with van der Waals surface area (Å²) in [5.41, 5.74) is 3.29. The van der Waals surface area contributed by atoms with E-state index in [0.29, 0.717) is 17.2 Å². The summed E-state index contributed by atoms with van der Waals surface area (Å²) >= 11 is 0. The molecule has 0 aliphatic heterocycles. The number of rotatable bonds is 3. The van der Waals surface area contributed by atoms with E-state index < -0.39 is 0 Å². The molecule has 7 heteroatoms. The number of aromatic nitrogens is 4. The maximum Gasteiger partial charge on any atom is 0.256 e. The van der Waals surface area contributed by atoms with Gasteiger partial charge in [-0.15, -0.1) is 0 Å². The summed E-state index contributed by atoms with van der Waals surface area (Å²) in [5, 5.41) is 12.7. The lowest BCUT2D eigenvalue weighted by atomic mass is 10.1. The molecule has 3 rings (SSSR count). The number of nitriles is 1. The van der Waals surface area contributed by atoms with Crippen LogP contribution in [-0.2, 0) is 6.42 Å². The van der Waals surface area contributed by atoms with Gasteiger partial charge in [0.2, 0.25) is 11.9 Å². The monoisotopic (exact) mass is 320 g/mol. The Balaban J connectivity index is 2.03. The zero-order chi connectivity index (χ0) is 17.3. The Morgan fingerprint density at radius 2 is 1.96 bits per heavy atom. The molecule has 0 bridgehead atoms. The van der Waals surface area contributed by atoms with Gasteiger partial charge in [-0.2, -0.15) is 5.26 Å². The lowest BCUT2D eigenvalue weighted by molar-refractivity contribution is 0.991. The van der Waals surface area contributed by atoms with Crippen LogP contribution in [0, 0.1) is 32.1 Å². The second kappa shape index (κ2) is 6.08. The summed E-state index contributed by atoms with van der Waals surface area (Å²) in [6.45, 7) is 5.59. The van der Waals surface area contributed by atoms with Crippen LogP contribution in [0.25, 0.3) is 10.9 Å². The predicted octanol–water partition coefficient (Wildman–Crippen LogP) is 2.45. The second-order valence-electron chi connectivity index (χ2n) is 5.54. The van der Waals surface area contributed by atoms with Crippen molar-refractivity contribution in [3.05, 3.63) is 51.1 Å². The number of H-pyrrole nitrogens is 1. The Bertz CT molecular complexity index is 1030. The Hall–Kier alpha value is -3.27. The highest BCUT2D eigenvalue weighted by molar-refractivity contribution is 5.84. The van der Waals surface area contributed by atoms with Gasteiger partial charge in [0.05, 0.1) is 35.0 Å². The number of aromatic amines is 1. The second-order valence-corrected chi connectivity index (χ2v) is 5.54. The van der Waals surface area contributed by atoms with Gasteiger partial charge in [0.15, 0.2) is 0 Å². The zero-order valence-corrected chi connectivity index (χ0v) is 13.6. The van der Waals surface area contributed by atoms with Crippen LogP contribution in [0.2, 0.25) is 0 Å². The van der Waals surface area contributed by atoms with Crippen LogP contribution >= 0.6 is 0 Å². The summed E-state index contributed by atoms with van der Waals surface area (Å²) in [4.78, 5) is 27.9. The van der Waals surface area contributed by atoms with Crippen molar-refractivity contribution < 1.29 is 0 Å². The molecule has 7 nitrogen and oxygen atoms in total. The molecule has 0 unspecified atom stereocenters. The largest absolute Gasteiger partial charge is 0.294 e. The van der Waals surface area contributed by atoms with E-state index in [0.717, 1.165) is 22.2 Å².